The fourth-order valence-corrected chi connectivity index (χ4v) is 0.607. The molecule has 3 nitrogen and oxygen atoms in total. The van der Waals surface area contributed by atoms with Crippen molar-refractivity contribution in [2.24, 2.45) is 0 Å². The topological polar surface area (TPSA) is 35.3 Å². The zero-order valence-electron chi connectivity index (χ0n) is 5.01. The molecule has 0 radical (unpaired) electrons. The highest BCUT2D eigenvalue weighted by Crippen LogP contribution is 2.12. The van der Waals surface area contributed by atoms with E-state index in [9.17, 15) is 4.39 Å². The Morgan fingerprint density at radius 2 is 2.60 bits per heavy atom. The van der Waals surface area contributed by atoms with Crippen LogP contribution in [0.25, 0.3) is 0 Å². The number of rotatable bonds is 3. The molecule has 0 aliphatic heterocycles. The summed E-state index contributed by atoms with van der Waals surface area (Å²) < 4.78 is 20.4. The summed E-state index contributed by atoms with van der Waals surface area (Å²) in [6.45, 7) is -0.908. The number of hydrogen-bond acceptors (Lipinski definition) is 3. The Morgan fingerprint density at radius 3 is 3.10 bits per heavy atom. The van der Waals surface area contributed by atoms with Crippen molar-refractivity contribution in [3.63, 3.8) is 0 Å². The fourth-order valence-electron chi connectivity index (χ4n) is 0.481. The van der Waals surface area contributed by atoms with Crippen LogP contribution in [0.3, 0.4) is 0 Å². The molecule has 1 heterocycles. The lowest BCUT2D eigenvalue weighted by Crippen LogP contribution is -1.88. The van der Waals surface area contributed by atoms with Crippen molar-refractivity contribution in [1.82, 2.24) is 5.16 Å². The SMILES string of the molecule is FCOc1cc(CCl)on1. The van der Waals surface area contributed by atoms with E-state index in [1.165, 1.54) is 6.07 Å². The van der Waals surface area contributed by atoms with Crippen molar-refractivity contribution in [2.75, 3.05) is 6.86 Å². The summed E-state index contributed by atoms with van der Waals surface area (Å²) in [7, 11) is 0. The van der Waals surface area contributed by atoms with Crippen LogP contribution in [0.2, 0.25) is 0 Å². The van der Waals surface area contributed by atoms with E-state index >= 15 is 0 Å². The van der Waals surface area contributed by atoms with Crippen molar-refractivity contribution in [3.8, 4) is 5.88 Å². The number of hydrogen-bond donors (Lipinski definition) is 0. The molecule has 0 amide bonds. The Morgan fingerprint density at radius 1 is 1.80 bits per heavy atom. The van der Waals surface area contributed by atoms with Gasteiger partial charge in [-0.15, -0.1) is 11.6 Å². The van der Waals surface area contributed by atoms with Gasteiger partial charge in [-0.2, -0.15) is 0 Å². The van der Waals surface area contributed by atoms with E-state index < -0.39 is 6.86 Å². The maximum Gasteiger partial charge on any atom is 0.256 e. The molecule has 56 valence electrons. The lowest BCUT2D eigenvalue weighted by atomic mass is 10.5. The number of alkyl halides is 2. The number of halogens is 2. The molecular formula is C5H5ClFNO2. The fraction of sp³-hybridized carbons (Fsp3) is 0.400. The van der Waals surface area contributed by atoms with Gasteiger partial charge in [0.1, 0.15) is 0 Å². The second kappa shape index (κ2) is 3.41. The first-order chi connectivity index (χ1) is 4.86. The average Bonchev–Trinajstić information content (AvgIpc) is 2.37. The van der Waals surface area contributed by atoms with Gasteiger partial charge in [0.2, 0.25) is 6.86 Å². The van der Waals surface area contributed by atoms with E-state index in [1.54, 1.807) is 0 Å². The Labute approximate surface area is 61.7 Å². The third-order valence-electron chi connectivity index (χ3n) is 0.871. The molecule has 0 aromatic carbocycles. The van der Waals surface area contributed by atoms with Gasteiger partial charge in [-0.3, -0.25) is 0 Å². The van der Waals surface area contributed by atoms with Crippen LogP contribution in [0.15, 0.2) is 10.6 Å². The van der Waals surface area contributed by atoms with Gasteiger partial charge in [0.05, 0.1) is 5.88 Å². The normalized spacial score (nSPS) is 9.80. The number of nitrogens with zero attached hydrogens (tertiary/aromatic N) is 1. The summed E-state index contributed by atoms with van der Waals surface area (Å²) in [4.78, 5) is 0. The molecule has 0 N–H and O–H groups in total. The lowest BCUT2D eigenvalue weighted by Gasteiger charge is -1.88. The maximum atomic E-state index is 11.5. The smallest absolute Gasteiger partial charge is 0.256 e. The molecule has 0 fully saturated rings. The van der Waals surface area contributed by atoms with Crippen molar-refractivity contribution in [3.05, 3.63) is 11.8 Å². The van der Waals surface area contributed by atoms with Crippen LogP contribution >= 0.6 is 11.6 Å². The Kier molecular flexibility index (Phi) is 2.50. The number of aromatic nitrogens is 1. The molecule has 0 aliphatic rings. The first-order valence-electron chi connectivity index (χ1n) is 2.57. The predicted molar refractivity (Wildman–Crippen MR) is 32.7 cm³/mol. The van der Waals surface area contributed by atoms with Crippen molar-refractivity contribution < 1.29 is 13.7 Å². The predicted octanol–water partition coefficient (Wildman–Crippen LogP) is 1.72. The van der Waals surface area contributed by atoms with E-state index in [-0.39, 0.29) is 11.8 Å². The summed E-state index contributed by atoms with van der Waals surface area (Å²) in [6.07, 6.45) is 0. The van der Waals surface area contributed by atoms with Crippen LogP contribution in [0.1, 0.15) is 5.76 Å². The second-order valence-corrected chi connectivity index (χ2v) is 1.79. The summed E-state index contributed by atoms with van der Waals surface area (Å²) in [6, 6.07) is 1.44. The zero-order valence-corrected chi connectivity index (χ0v) is 5.77. The van der Waals surface area contributed by atoms with E-state index in [0.717, 1.165) is 0 Å². The molecule has 10 heavy (non-hydrogen) atoms. The highest BCUT2D eigenvalue weighted by atomic mass is 35.5. The minimum atomic E-state index is -0.908. The lowest BCUT2D eigenvalue weighted by molar-refractivity contribution is 0.175. The molecule has 1 aromatic rings. The Hall–Kier alpha value is -0.770. The molecule has 0 bridgehead atoms. The number of ether oxygens (including phenoxy) is 1. The molecule has 0 saturated heterocycles. The summed E-state index contributed by atoms with van der Waals surface area (Å²) >= 11 is 5.36. The largest absolute Gasteiger partial charge is 0.444 e. The molecule has 0 saturated carbocycles. The van der Waals surface area contributed by atoms with Crippen LogP contribution in [-0.4, -0.2) is 12.0 Å². The first-order valence-corrected chi connectivity index (χ1v) is 3.10. The molecule has 1 aromatic heterocycles. The van der Waals surface area contributed by atoms with Crippen molar-refractivity contribution >= 4 is 11.6 Å². The van der Waals surface area contributed by atoms with Crippen LogP contribution in [0, 0.1) is 0 Å². The van der Waals surface area contributed by atoms with Gasteiger partial charge < -0.3 is 9.26 Å². The van der Waals surface area contributed by atoms with E-state index in [4.69, 9.17) is 11.6 Å². The van der Waals surface area contributed by atoms with E-state index in [1.807, 2.05) is 0 Å². The van der Waals surface area contributed by atoms with Gasteiger partial charge in [0.25, 0.3) is 5.88 Å². The minimum absolute atomic E-state index is 0.123. The molecule has 0 aliphatic carbocycles. The first kappa shape index (κ1) is 7.34. The molecule has 0 spiro atoms. The summed E-state index contributed by atoms with van der Waals surface area (Å²) in [5, 5.41) is 3.36. The summed E-state index contributed by atoms with van der Waals surface area (Å²) in [5.41, 5.74) is 0. The monoisotopic (exact) mass is 165 g/mol. The highest BCUT2D eigenvalue weighted by molar-refractivity contribution is 6.16. The zero-order chi connectivity index (χ0) is 7.40. The third kappa shape index (κ3) is 1.60. The van der Waals surface area contributed by atoms with Gasteiger partial charge in [0.15, 0.2) is 5.76 Å². The van der Waals surface area contributed by atoms with Gasteiger partial charge in [0, 0.05) is 6.07 Å². The van der Waals surface area contributed by atoms with E-state index in [0.29, 0.717) is 5.76 Å². The van der Waals surface area contributed by atoms with Crippen LogP contribution in [0.4, 0.5) is 4.39 Å². The summed E-state index contributed by atoms with van der Waals surface area (Å²) in [5.74, 6) is 0.797. The highest BCUT2D eigenvalue weighted by Gasteiger charge is 2.01. The van der Waals surface area contributed by atoms with Gasteiger partial charge >= 0.3 is 0 Å². The molecule has 1 rings (SSSR count). The molecule has 0 unspecified atom stereocenters. The van der Waals surface area contributed by atoms with Crippen molar-refractivity contribution in [2.45, 2.75) is 5.88 Å². The van der Waals surface area contributed by atoms with Gasteiger partial charge in [-0.25, -0.2) is 4.39 Å². The Balaban J connectivity index is 2.59. The maximum absolute atomic E-state index is 11.5. The quantitative estimate of drug-likeness (QED) is 0.640. The van der Waals surface area contributed by atoms with Crippen LogP contribution < -0.4 is 4.74 Å². The Bertz CT molecular complexity index is 203. The molecule has 0 atom stereocenters. The second-order valence-electron chi connectivity index (χ2n) is 1.52. The third-order valence-corrected chi connectivity index (χ3v) is 1.13. The van der Waals surface area contributed by atoms with Gasteiger partial charge in [-0.05, 0) is 5.16 Å². The molecular weight excluding hydrogens is 161 g/mol. The van der Waals surface area contributed by atoms with Crippen LogP contribution in [-0.2, 0) is 5.88 Å². The average molecular weight is 166 g/mol. The standard InChI is InChI=1S/C5H5ClFNO2/c6-2-4-1-5(8-10-4)9-3-7/h1H,2-3H2. The van der Waals surface area contributed by atoms with Gasteiger partial charge in [-0.1, -0.05) is 0 Å². The minimum Gasteiger partial charge on any atom is -0.444 e. The van der Waals surface area contributed by atoms with E-state index in [2.05, 4.69) is 14.4 Å². The van der Waals surface area contributed by atoms with Crippen LogP contribution in [0.5, 0.6) is 5.88 Å². The molecule has 5 heteroatoms. The van der Waals surface area contributed by atoms with Crippen molar-refractivity contribution in [1.29, 1.82) is 0 Å².